The molecule has 3 aromatic carbocycles. The van der Waals surface area contributed by atoms with E-state index in [1.165, 1.54) is 7.11 Å². The van der Waals surface area contributed by atoms with Gasteiger partial charge in [0.15, 0.2) is 5.11 Å². The van der Waals surface area contributed by atoms with Crippen molar-refractivity contribution in [2.24, 2.45) is 0 Å². The molecular formula is C25H25N3O4S2. The minimum atomic E-state index is -3.83. The molecule has 0 aromatic heterocycles. The van der Waals surface area contributed by atoms with Gasteiger partial charge in [-0.3, -0.25) is 4.72 Å². The molecule has 1 atom stereocenters. The number of anilines is 1. The summed E-state index contributed by atoms with van der Waals surface area (Å²) in [6.07, 6.45) is 0. The number of esters is 1. The maximum Gasteiger partial charge on any atom is 0.337 e. The molecule has 1 aliphatic heterocycles. The quantitative estimate of drug-likeness (QED) is 0.389. The molecule has 2 N–H and O–H groups in total. The molecule has 0 fully saturated rings. The molecule has 1 aliphatic rings. The van der Waals surface area contributed by atoms with Crippen LogP contribution in [0.3, 0.4) is 0 Å². The van der Waals surface area contributed by atoms with Crippen LogP contribution >= 0.6 is 12.2 Å². The van der Waals surface area contributed by atoms with Crippen LogP contribution in [0, 0.1) is 0 Å². The molecule has 0 saturated heterocycles. The summed E-state index contributed by atoms with van der Waals surface area (Å²) in [5.41, 5.74) is 2.17. The average molecular weight is 496 g/mol. The van der Waals surface area contributed by atoms with Gasteiger partial charge in [0.1, 0.15) is 0 Å². The van der Waals surface area contributed by atoms with Gasteiger partial charge < -0.3 is 15.0 Å². The topological polar surface area (TPSA) is 87.7 Å². The molecule has 0 amide bonds. The highest BCUT2D eigenvalue weighted by molar-refractivity contribution is 7.92. The molecule has 1 unspecified atom stereocenters. The van der Waals surface area contributed by atoms with Gasteiger partial charge in [-0.2, -0.15) is 0 Å². The van der Waals surface area contributed by atoms with Gasteiger partial charge >= 0.3 is 5.97 Å². The van der Waals surface area contributed by atoms with Crippen molar-refractivity contribution >= 4 is 49.8 Å². The molecule has 3 aromatic rings. The molecule has 4 rings (SSSR count). The third-order valence-corrected chi connectivity index (χ3v) is 7.54. The summed E-state index contributed by atoms with van der Waals surface area (Å²) >= 11 is 5.50. The molecule has 0 saturated carbocycles. The van der Waals surface area contributed by atoms with E-state index in [2.05, 4.69) is 10.0 Å². The Balaban J connectivity index is 1.69. The number of rotatable bonds is 6. The lowest BCUT2D eigenvalue weighted by atomic mass is 9.94. The van der Waals surface area contributed by atoms with Crippen molar-refractivity contribution in [2.45, 2.75) is 24.8 Å². The van der Waals surface area contributed by atoms with Crippen molar-refractivity contribution in [3.63, 3.8) is 0 Å². The Labute approximate surface area is 204 Å². The highest BCUT2D eigenvalue weighted by Crippen LogP contribution is 2.32. The fourth-order valence-electron chi connectivity index (χ4n) is 4.12. The first-order chi connectivity index (χ1) is 16.2. The summed E-state index contributed by atoms with van der Waals surface area (Å²) in [7, 11) is -2.50. The van der Waals surface area contributed by atoms with Gasteiger partial charge in [0, 0.05) is 17.9 Å². The number of carbonyl (C=O) groups excluding carboxylic acids is 1. The van der Waals surface area contributed by atoms with E-state index in [0.29, 0.717) is 34.2 Å². The number of nitrogens with one attached hydrogen (secondary N) is 2. The van der Waals surface area contributed by atoms with Gasteiger partial charge in [0.2, 0.25) is 0 Å². The van der Waals surface area contributed by atoms with E-state index in [9.17, 15) is 13.2 Å². The van der Waals surface area contributed by atoms with Gasteiger partial charge in [-0.1, -0.05) is 42.5 Å². The second-order valence-corrected chi connectivity index (χ2v) is 9.93. The number of sulfonamides is 1. The van der Waals surface area contributed by atoms with Crippen LogP contribution < -0.4 is 10.0 Å². The summed E-state index contributed by atoms with van der Waals surface area (Å²) in [4.78, 5) is 14.6. The largest absolute Gasteiger partial charge is 0.466 e. The number of benzene rings is 3. The van der Waals surface area contributed by atoms with Crippen LogP contribution in [0.4, 0.5) is 5.69 Å². The summed E-state index contributed by atoms with van der Waals surface area (Å²) in [6, 6.07) is 18.9. The van der Waals surface area contributed by atoms with Gasteiger partial charge in [-0.15, -0.1) is 0 Å². The fraction of sp³-hybridized carbons (Fsp3) is 0.200. The second kappa shape index (κ2) is 9.44. The van der Waals surface area contributed by atoms with Gasteiger partial charge in [-0.25, -0.2) is 13.2 Å². The molecule has 176 valence electrons. The van der Waals surface area contributed by atoms with Crippen molar-refractivity contribution in [2.75, 3.05) is 18.4 Å². The zero-order chi connectivity index (χ0) is 24.5. The van der Waals surface area contributed by atoms with Crippen molar-refractivity contribution in [3.8, 4) is 0 Å². The number of hydrogen-bond acceptors (Lipinski definition) is 5. The maximum atomic E-state index is 13.1. The van der Waals surface area contributed by atoms with Gasteiger partial charge in [0.25, 0.3) is 10.0 Å². The maximum absolute atomic E-state index is 13.1. The number of fused-ring (bicyclic) bond motifs is 1. The first kappa shape index (κ1) is 23.7. The first-order valence-corrected chi connectivity index (χ1v) is 12.6. The number of allylic oxidation sites excluding steroid dienone is 1. The molecule has 9 heteroatoms. The van der Waals surface area contributed by atoms with E-state index in [1.807, 2.05) is 49.1 Å². The Kier molecular flexibility index (Phi) is 6.58. The minimum absolute atomic E-state index is 0.165. The SMILES string of the molecule is CCN1C(=S)NC(c2cccc(NS(=O)(=O)c3ccc4ccccc4c3)c2)C(C(=O)OC)=C1C. The lowest BCUT2D eigenvalue weighted by Gasteiger charge is -2.37. The van der Waals surface area contributed by atoms with E-state index in [1.54, 1.807) is 36.4 Å². The predicted molar refractivity (Wildman–Crippen MR) is 137 cm³/mol. The molecule has 1 heterocycles. The van der Waals surface area contributed by atoms with Crippen LogP contribution in [-0.2, 0) is 19.6 Å². The molecule has 0 spiro atoms. The summed E-state index contributed by atoms with van der Waals surface area (Å²) in [5, 5.41) is 5.47. The van der Waals surface area contributed by atoms with Gasteiger partial charge in [0.05, 0.1) is 23.6 Å². The Morgan fingerprint density at radius 3 is 2.53 bits per heavy atom. The van der Waals surface area contributed by atoms with Crippen molar-refractivity contribution in [1.82, 2.24) is 10.2 Å². The Morgan fingerprint density at radius 2 is 1.82 bits per heavy atom. The van der Waals surface area contributed by atoms with Crippen molar-refractivity contribution in [3.05, 3.63) is 83.6 Å². The summed E-state index contributed by atoms with van der Waals surface area (Å²) in [5.74, 6) is -0.474. The number of ether oxygens (including phenoxy) is 1. The Hall–Kier alpha value is -3.43. The molecule has 0 aliphatic carbocycles. The fourth-order valence-corrected chi connectivity index (χ4v) is 5.59. The van der Waals surface area contributed by atoms with E-state index >= 15 is 0 Å². The second-order valence-electron chi connectivity index (χ2n) is 7.86. The Bertz CT molecular complexity index is 1420. The first-order valence-electron chi connectivity index (χ1n) is 10.7. The molecule has 7 nitrogen and oxygen atoms in total. The highest BCUT2D eigenvalue weighted by atomic mass is 32.2. The lowest BCUT2D eigenvalue weighted by molar-refractivity contribution is -0.136. The number of carbonyl (C=O) groups is 1. The number of hydrogen-bond donors (Lipinski definition) is 2. The standard InChI is InChI=1S/C25H25N3O4S2/c1-4-28-16(2)22(24(29)32-3)23(26-25(28)33)19-10-7-11-20(14-19)27-34(30,31)21-13-12-17-8-5-6-9-18(17)15-21/h5-15,23,27H,4H2,1-3H3,(H,26,33). The smallest absolute Gasteiger partial charge is 0.337 e. The molecule has 0 bridgehead atoms. The number of methoxy groups -OCH3 is 1. The third kappa shape index (κ3) is 4.49. The number of nitrogens with zero attached hydrogens (tertiary/aromatic N) is 1. The molecule has 0 radical (unpaired) electrons. The third-order valence-electron chi connectivity index (χ3n) is 5.82. The summed E-state index contributed by atoms with van der Waals surface area (Å²) < 4.78 is 33.9. The van der Waals surface area contributed by atoms with E-state index < -0.39 is 22.0 Å². The van der Waals surface area contributed by atoms with E-state index in [4.69, 9.17) is 17.0 Å². The van der Waals surface area contributed by atoms with Crippen LogP contribution in [0.5, 0.6) is 0 Å². The van der Waals surface area contributed by atoms with Crippen LogP contribution in [0.1, 0.15) is 25.5 Å². The number of thiocarbonyl (C=S) groups is 1. The van der Waals surface area contributed by atoms with Crippen LogP contribution in [0.25, 0.3) is 10.8 Å². The summed E-state index contributed by atoms with van der Waals surface area (Å²) in [6.45, 7) is 4.35. The monoisotopic (exact) mass is 495 g/mol. The van der Waals surface area contributed by atoms with Crippen LogP contribution in [-0.4, -0.2) is 38.1 Å². The molecular weight excluding hydrogens is 470 g/mol. The zero-order valence-electron chi connectivity index (χ0n) is 19.0. The zero-order valence-corrected chi connectivity index (χ0v) is 20.7. The predicted octanol–water partition coefficient (Wildman–Crippen LogP) is 4.34. The normalized spacial score (nSPS) is 16.4. The van der Waals surface area contributed by atoms with Crippen LogP contribution in [0.15, 0.2) is 82.9 Å². The Morgan fingerprint density at radius 1 is 1.09 bits per heavy atom. The van der Waals surface area contributed by atoms with E-state index in [0.717, 1.165) is 10.8 Å². The van der Waals surface area contributed by atoms with E-state index in [-0.39, 0.29) is 4.90 Å². The van der Waals surface area contributed by atoms with Gasteiger partial charge in [-0.05, 0) is 66.7 Å². The minimum Gasteiger partial charge on any atom is -0.466 e. The average Bonchev–Trinajstić information content (AvgIpc) is 2.83. The molecule has 34 heavy (non-hydrogen) atoms. The van der Waals surface area contributed by atoms with Crippen molar-refractivity contribution in [1.29, 1.82) is 0 Å². The lowest BCUT2D eigenvalue weighted by Crippen LogP contribution is -2.47. The van der Waals surface area contributed by atoms with Crippen LogP contribution in [0.2, 0.25) is 0 Å². The van der Waals surface area contributed by atoms with Crippen molar-refractivity contribution < 1.29 is 17.9 Å². The highest BCUT2D eigenvalue weighted by Gasteiger charge is 2.34.